The quantitative estimate of drug-likeness (QED) is 0.802. The molecule has 0 spiro atoms. The maximum atomic E-state index is 12.8. The lowest BCUT2D eigenvalue weighted by atomic mass is 9.99. The van der Waals surface area contributed by atoms with Crippen molar-refractivity contribution in [2.75, 3.05) is 12.3 Å². The van der Waals surface area contributed by atoms with E-state index >= 15 is 0 Å². The number of nitrogens with zero attached hydrogens (tertiary/aromatic N) is 2. The highest BCUT2D eigenvalue weighted by Crippen LogP contribution is 2.41. The first kappa shape index (κ1) is 13.5. The monoisotopic (exact) mass is 286 g/mol. The summed E-state index contributed by atoms with van der Waals surface area (Å²) in [5.74, 6) is 0.897. The summed E-state index contributed by atoms with van der Waals surface area (Å²) in [6.07, 6.45) is 4.45. The Kier molecular flexibility index (Phi) is 3.98. The van der Waals surface area contributed by atoms with E-state index in [-0.39, 0.29) is 24.4 Å². The zero-order valence-corrected chi connectivity index (χ0v) is 12.2. The van der Waals surface area contributed by atoms with Crippen molar-refractivity contribution >= 4 is 17.7 Å². The van der Waals surface area contributed by atoms with Crippen LogP contribution in [0.15, 0.2) is 29.2 Å². The molecule has 1 unspecified atom stereocenters. The molecule has 1 aliphatic heterocycles. The number of carbonyl (C=O) groups is 1. The average Bonchev–Trinajstić information content (AvgIpc) is 3.13. The van der Waals surface area contributed by atoms with Gasteiger partial charge >= 0.3 is 0 Å². The summed E-state index contributed by atoms with van der Waals surface area (Å²) in [6.45, 7) is 0.229. The third-order valence-electron chi connectivity index (χ3n) is 4.29. The highest BCUT2D eigenvalue weighted by Gasteiger charge is 2.35. The molecule has 104 valence electrons. The van der Waals surface area contributed by atoms with Crippen LogP contribution in [0.1, 0.15) is 37.2 Å². The van der Waals surface area contributed by atoms with Crippen LogP contribution in [0.3, 0.4) is 0 Å². The number of fused-ring (bicyclic) bond motifs is 1. The van der Waals surface area contributed by atoms with Gasteiger partial charge in [-0.15, -0.1) is 11.8 Å². The van der Waals surface area contributed by atoms with Crippen molar-refractivity contribution in [2.24, 2.45) is 0 Å². The molecule has 1 aromatic carbocycles. The van der Waals surface area contributed by atoms with Gasteiger partial charge in [-0.1, -0.05) is 31.0 Å². The minimum Gasteiger partial charge on any atom is -0.326 e. The number of benzene rings is 1. The van der Waals surface area contributed by atoms with Crippen LogP contribution >= 0.6 is 11.8 Å². The molecule has 1 amide bonds. The van der Waals surface area contributed by atoms with E-state index < -0.39 is 0 Å². The van der Waals surface area contributed by atoms with Crippen molar-refractivity contribution in [2.45, 2.75) is 42.5 Å². The number of rotatable bonds is 3. The highest BCUT2D eigenvalue weighted by molar-refractivity contribution is 7.99. The van der Waals surface area contributed by atoms with Gasteiger partial charge in [-0.2, -0.15) is 5.26 Å². The van der Waals surface area contributed by atoms with Crippen LogP contribution in [0.5, 0.6) is 0 Å². The van der Waals surface area contributed by atoms with Crippen LogP contribution in [0.2, 0.25) is 0 Å². The van der Waals surface area contributed by atoms with Gasteiger partial charge in [0, 0.05) is 16.7 Å². The zero-order chi connectivity index (χ0) is 13.9. The van der Waals surface area contributed by atoms with E-state index in [0.29, 0.717) is 0 Å². The van der Waals surface area contributed by atoms with Gasteiger partial charge in [0.1, 0.15) is 6.54 Å². The van der Waals surface area contributed by atoms with Gasteiger partial charge in [0.15, 0.2) is 0 Å². The molecule has 0 saturated heterocycles. The maximum Gasteiger partial charge on any atom is 0.232 e. The Balaban J connectivity index is 1.82. The molecule has 1 saturated carbocycles. The standard InChI is InChI=1S/C16H18N2OS/c17-9-10-18(12-5-1-2-6-12)16(19)14-11-20-15-8-4-3-7-13(14)15/h3-4,7-8,12,14H,1-2,5-6,10-11H2. The summed E-state index contributed by atoms with van der Waals surface area (Å²) in [7, 11) is 0. The van der Waals surface area contributed by atoms with Crippen molar-refractivity contribution in [1.82, 2.24) is 4.90 Å². The molecule has 1 heterocycles. The molecule has 1 fully saturated rings. The second-order valence-corrected chi connectivity index (χ2v) is 6.53. The van der Waals surface area contributed by atoms with Crippen molar-refractivity contribution < 1.29 is 4.79 Å². The molecule has 1 atom stereocenters. The molecule has 0 N–H and O–H groups in total. The molecule has 3 nitrogen and oxygen atoms in total. The van der Waals surface area contributed by atoms with E-state index in [1.807, 2.05) is 17.0 Å². The fourth-order valence-electron chi connectivity index (χ4n) is 3.25. The smallest absolute Gasteiger partial charge is 0.232 e. The van der Waals surface area contributed by atoms with Gasteiger partial charge in [-0.3, -0.25) is 4.79 Å². The number of hydrogen-bond acceptors (Lipinski definition) is 3. The minimum atomic E-state index is -0.0647. The van der Waals surface area contributed by atoms with Crippen molar-refractivity contribution in [3.8, 4) is 6.07 Å². The molecular weight excluding hydrogens is 268 g/mol. The topological polar surface area (TPSA) is 44.1 Å². The summed E-state index contributed by atoms with van der Waals surface area (Å²) >= 11 is 1.75. The molecule has 4 heteroatoms. The zero-order valence-electron chi connectivity index (χ0n) is 11.4. The predicted octanol–water partition coefficient (Wildman–Crippen LogP) is 3.17. The second-order valence-electron chi connectivity index (χ2n) is 5.46. The summed E-state index contributed by atoms with van der Waals surface area (Å²) in [5.41, 5.74) is 1.14. The first-order valence-corrected chi connectivity index (χ1v) is 8.19. The first-order valence-electron chi connectivity index (χ1n) is 7.20. The molecule has 3 rings (SSSR count). The third kappa shape index (κ3) is 2.43. The number of carbonyl (C=O) groups excluding carboxylic acids is 1. The maximum absolute atomic E-state index is 12.8. The van der Waals surface area contributed by atoms with E-state index in [4.69, 9.17) is 5.26 Å². The van der Waals surface area contributed by atoms with E-state index in [1.165, 1.54) is 17.7 Å². The highest BCUT2D eigenvalue weighted by atomic mass is 32.2. The summed E-state index contributed by atoms with van der Waals surface area (Å²) < 4.78 is 0. The fraction of sp³-hybridized carbons (Fsp3) is 0.500. The number of thioether (sulfide) groups is 1. The molecule has 1 aliphatic carbocycles. The number of nitriles is 1. The van der Waals surface area contributed by atoms with Crippen LogP contribution < -0.4 is 0 Å². The van der Waals surface area contributed by atoms with E-state index in [9.17, 15) is 4.79 Å². The first-order chi connectivity index (χ1) is 9.81. The van der Waals surface area contributed by atoms with Crippen LogP contribution in [0.4, 0.5) is 0 Å². The summed E-state index contributed by atoms with van der Waals surface area (Å²) in [4.78, 5) is 15.9. The molecule has 0 bridgehead atoms. The fourth-order valence-corrected chi connectivity index (χ4v) is 4.47. The lowest BCUT2D eigenvalue weighted by Crippen LogP contribution is -2.42. The Hall–Kier alpha value is -1.47. The van der Waals surface area contributed by atoms with Gasteiger partial charge in [0.2, 0.25) is 5.91 Å². The van der Waals surface area contributed by atoms with Crippen LogP contribution in [-0.4, -0.2) is 29.1 Å². The summed E-state index contributed by atoms with van der Waals surface area (Å²) in [6, 6.07) is 10.6. The van der Waals surface area contributed by atoms with Crippen molar-refractivity contribution in [1.29, 1.82) is 5.26 Å². The number of hydrogen-bond donors (Lipinski definition) is 0. The largest absolute Gasteiger partial charge is 0.326 e. The molecule has 20 heavy (non-hydrogen) atoms. The van der Waals surface area contributed by atoms with Crippen molar-refractivity contribution in [3.63, 3.8) is 0 Å². The molecule has 0 aromatic heterocycles. The van der Waals surface area contributed by atoms with Crippen LogP contribution in [0, 0.1) is 11.3 Å². The Labute approximate surface area is 124 Å². The lowest BCUT2D eigenvalue weighted by molar-refractivity contribution is -0.133. The van der Waals surface area contributed by atoms with E-state index in [2.05, 4.69) is 18.2 Å². The van der Waals surface area contributed by atoms with Crippen LogP contribution in [0.25, 0.3) is 0 Å². The van der Waals surface area contributed by atoms with E-state index in [1.54, 1.807) is 11.8 Å². The average molecular weight is 286 g/mol. The summed E-state index contributed by atoms with van der Waals surface area (Å²) in [5, 5.41) is 9.03. The van der Waals surface area contributed by atoms with Gasteiger partial charge in [0.25, 0.3) is 0 Å². The predicted molar refractivity (Wildman–Crippen MR) is 79.5 cm³/mol. The van der Waals surface area contributed by atoms with E-state index in [0.717, 1.165) is 24.2 Å². The molecular formula is C16H18N2OS. The Morgan fingerprint density at radius 1 is 1.35 bits per heavy atom. The molecule has 0 radical (unpaired) electrons. The van der Waals surface area contributed by atoms with Gasteiger partial charge in [-0.25, -0.2) is 0 Å². The Morgan fingerprint density at radius 2 is 2.10 bits per heavy atom. The normalized spacial score (nSPS) is 21.4. The Bertz CT molecular complexity index is 546. The van der Waals surface area contributed by atoms with Gasteiger partial charge in [0.05, 0.1) is 12.0 Å². The third-order valence-corrected chi connectivity index (χ3v) is 5.47. The van der Waals surface area contributed by atoms with Gasteiger partial charge in [-0.05, 0) is 24.5 Å². The number of amides is 1. The lowest BCUT2D eigenvalue weighted by Gasteiger charge is -2.29. The molecule has 1 aromatic rings. The molecule has 2 aliphatic rings. The Morgan fingerprint density at radius 3 is 2.85 bits per heavy atom. The minimum absolute atomic E-state index is 0.0647. The van der Waals surface area contributed by atoms with Crippen molar-refractivity contribution in [3.05, 3.63) is 29.8 Å². The SMILES string of the molecule is N#CCN(C(=O)C1CSc2ccccc21)C1CCCC1. The van der Waals surface area contributed by atoms with Crippen LogP contribution in [-0.2, 0) is 4.79 Å². The van der Waals surface area contributed by atoms with Gasteiger partial charge < -0.3 is 4.90 Å². The second kappa shape index (κ2) is 5.88.